The van der Waals surface area contributed by atoms with Crippen LogP contribution in [0.4, 0.5) is 0 Å². The van der Waals surface area contributed by atoms with Gasteiger partial charge < -0.3 is 14.9 Å². The van der Waals surface area contributed by atoms with E-state index in [9.17, 15) is 9.59 Å². The third kappa shape index (κ3) is 4.36. The van der Waals surface area contributed by atoms with Gasteiger partial charge in [-0.05, 0) is 54.1 Å². The molecule has 0 aliphatic heterocycles. The highest BCUT2D eigenvalue weighted by molar-refractivity contribution is 5.94. The van der Waals surface area contributed by atoms with Crippen LogP contribution in [0.25, 0.3) is 22.3 Å². The van der Waals surface area contributed by atoms with Crippen molar-refractivity contribution >= 4 is 16.8 Å². The van der Waals surface area contributed by atoms with Gasteiger partial charge in [0.2, 0.25) is 0 Å². The van der Waals surface area contributed by atoms with Gasteiger partial charge in [-0.25, -0.2) is 0 Å². The van der Waals surface area contributed by atoms with E-state index in [-0.39, 0.29) is 17.7 Å². The average Bonchev–Trinajstić information content (AvgIpc) is 3.53. The lowest BCUT2D eigenvalue weighted by Crippen LogP contribution is -2.33. The Balaban J connectivity index is 1.25. The van der Waals surface area contributed by atoms with Crippen molar-refractivity contribution in [2.24, 2.45) is 0 Å². The van der Waals surface area contributed by atoms with E-state index >= 15 is 0 Å². The largest absolute Gasteiger partial charge is 0.360 e. The predicted molar refractivity (Wildman–Crippen MR) is 129 cm³/mol. The molecule has 3 N–H and O–H groups in total. The molecule has 8 heteroatoms. The number of carbonyl (C=O) groups is 1. The highest BCUT2D eigenvalue weighted by atomic mass is 16.2. The maximum atomic E-state index is 12.7. The number of H-pyrrole nitrogens is 2. The summed E-state index contributed by atoms with van der Waals surface area (Å²) in [5, 5.41) is 11.1. The lowest BCUT2D eigenvalue weighted by atomic mass is 10.1. The van der Waals surface area contributed by atoms with Crippen LogP contribution in [0.1, 0.15) is 21.5 Å². The molecule has 0 radical (unpaired) electrons. The molecule has 0 unspecified atom stereocenters. The minimum atomic E-state index is -0.459. The van der Waals surface area contributed by atoms with Gasteiger partial charge in [0.15, 0.2) is 0 Å². The highest BCUT2D eigenvalue weighted by Crippen LogP contribution is 2.25. The average molecular weight is 448 g/mol. The molecule has 5 aromatic rings. The van der Waals surface area contributed by atoms with Crippen LogP contribution in [-0.4, -0.2) is 37.2 Å². The predicted octanol–water partition coefficient (Wildman–Crippen LogP) is 2.94. The van der Waals surface area contributed by atoms with Crippen molar-refractivity contribution in [1.82, 2.24) is 30.0 Å². The Morgan fingerprint density at radius 3 is 2.88 bits per heavy atom. The molecule has 0 atom stereocenters. The number of amides is 1. The third-order valence-corrected chi connectivity index (χ3v) is 5.33. The number of nitrogens with zero attached hydrogens (tertiary/aromatic N) is 3. The highest BCUT2D eigenvalue weighted by Gasteiger charge is 2.12. The number of rotatable bonds is 5. The molecule has 0 saturated heterocycles. The Hall–Kier alpha value is -4.90. The van der Waals surface area contributed by atoms with Gasteiger partial charge in [-0.1, -0.05) is 17.9 Å². The van der Waals surface area contributed by atoms with Gasteiger partial charge in [-0.2, -0.15) is 5.10 Å². The molecular weight excluding hydrogens is 428 g/mol. The van der Waals surface area contributed by atoms with E-state index in [4.69, 9.17) is 0 Å². The summed E-state index contributed by atoms with van der Waals surface area (Å²) in [7, 11) is 0. The van der Waals surface area contributed by atoms with Gasteiger partial charge in [0.25, 0.3) is 11.5 Å². The molecule has 0 spiro atoms. The van der Waals surface area contributed by atoms with Crippen molar-refractivity contribution in [3.05, 3.63) is 106 Å². The Bertz CT molecular complexity index is 1570. The van der Waals surface area contributed by atoms with Crippen molar-refractivity contribution in [2.45, 2.75) is 6.54 Å². The summed E-state index contributed by atoms with van der Waals surface area (Å²) in [6.45, 7) is 0.458. The van der Waals surface area contributed by atoms with Gasteiger partial charge in [-0.15, -0.1) is 0 Å². The molecule has 8 nitrogen and oxygen atoms in total. The summed E-state index contributed by atoms with van der Waals surface area (Å²) < 4.78 is 1.48. The monoisotopic (exact) mass is 448 g/mol. The summed E-state index contributed by atoms with van der Waals surface area (Å²) >= 11 is 0. The van der Waals surface area contributed by atoms with Gasteiger partial charge in [0.05, 0.1) is 24.3 Å². The molecule has 0 saturated carbocycles. The molecule has 0 aliphatic rings. The number of hydrogen-bond donors (Lipinski definition) is 3. The summed E-state index contributed by atoms with van der Waals surface area (Å²) in [6.07, 6.45) is 6.87. The van der Waals surface area contributed by atoms with Crippen molar-refractivity contribution < 1.29 is 4.79 Å². The van der Waals surface area contributed by atoms with E-state index < -0.39 is 5.91 Å². The molecule has 0 fully saturated rings. The van der Waals surface area contributed by atoms with Crippen molar-refractivity contribution in [3.8, 4) is 23.2 Å². The SMILES string of the molecule is O=C(NCC#Cc1ccc2c(-c3ccc[nH]3)n[nH]c2c1)c1cccn(Cc2cccnc2)c1=O. The standard InChI is InChI=1S/C26H20N6O2/c33-25(21-7-4-14-32(26(21)34)17-19-6-1-11-27-16-19)29-13-2-5-18-9-10-20-23(15-18)30-31-24(20)22-8-3-12-28-22/h1,3-4,6-12,14-16,28H,13,17H2,(H,29,33)(H,30,31). The van der Waals surface area contributed by atoms with Gasteiger partial charge in [-0.3, -0.25) is 19.7 Å². The van der Waals surface area contributed by atoms with Gasteiger partial charge in [0.1, 0.15) is 11.3 Å². The van der Waals surface area contributed by atoms with Crippen LogP contribution in [0, 0.1) is 11.8 Å². The van der Waals surface area contributed by atoms with Crippen LogP contribution in [0.15, 0.2) is 84.2 Å². The number of carbonyl (C=O) groups excluding carboxylic acids is 1. The van der Waals surface area contributed by atoms with E-state index in [2.05, 4.69) is 37.3 Å². The van der Waals surface area contributed by atoms with Crippen LogP contribution in [0.2, 0.25) is 0 Å². The second-order valence-corrected chi connectivity index (χ2v) is 7.62. The zero-order valence-electron chi connectivity index (χ0n) is 18.1. The van der Waals surface area contributed by atoms with Crippen molar-refractivity contribution in [3.63, 3.8) is 0 Å². The number of benzene rings is 1. The smallest absolute Gasteiger partial charge is 0.263 e. The number of fused-ring (bicyclic) bond motifs is 1. The second-order valence-electron chi connectivity index (χ2n) is 7.62. The van der Waals surface area contributed by atoms with Crippen molar-refractivity contribution in [2.75, 3.05) is 6.54 Å². The lowest BCUT2D eigenvalue weighted by Gasteiger charge is -2.07. The molecule has 4 heterocycles. The number of hydrogen-bond acceptors (Lipinski definition) is 4. The first kappa shape index (κ1) is 21.0. The Labute approximate surface area is 194 Å². The first-order chi connectivity index (χ1) is 16.7. The second kappa shape index (κ2) is 9.30. The summed E-state index contributed by atoms with van der Waals surface area (Å²) in [6, 6.07) is 16.6. The van der Waals surface area contributed by atoms with Crippen LogP contribution in [-0.2, 0) is 6.54 Å². The van der Waals surface area contributed by atoms with Crippen LogP contribution in [0.5, 0.6) is 0 Å². The maximum absolute atomic E-state index is 12.7. The zero-order chi connectivity index (χ0) is 23.3. The van der Waals surface area contributed by atoms with Crippen LogP contribution < -0.4 is 10.9 Å². The Kier molecular flexibility index (Phi) is 5.74. The summed E-state index contributed by atoms with van der Waals surface area (Å²) in [5.74, 6) is 5.51. The number of pyridine rings is 2. The minimum absolute atomic E-state index is 0.0731. The molecule has 4 aromatic heterocycles. The maximum Gasteiger partial charge on any atom is 0.263 e. The topological polar surface area (TPSA) is 108 Å². The van der Waals surface area contributed by atoms with E-state index in [1.807, 2.05) is 42.6 Å². The molecular formula is C26H20N6O2. The number of nitrogens with one attached hydrogen (secondary N) is 3. The summed E-state index contributed by atoms with van der Waals surface area (Å²) in [5.41, 5.74) is 4.04. The number of aromatic nitrogens is 5. The first-order valence-corrected chi connectivity index (χ1v) is 10.7. The van der Waals surface area contributed by atoms with E-state index in [1.165, 1.54) is 10.6 Å². The third-order valence-electron chi connectivity index (χ3n) is 5.33. The molecule has 34 heavy (non-hydrogen) atoms. The zero-order valence-corrected chi connectivity index (χ0v) is 18.1. The van der Waals surface area contributed by atoms with E-state index in [0.717, 1.165) is 33.4 Å². The van der Waals surface area contributed by atoms with Gasteiger partial charge in [0, 0.05) is 35.7 Å². The molecule has 1 aromatic carbocycles. The Morgan fingerprint density at radius 1 is 1.12 bits per heavy atom. The Morgan fingerprint density at radius 2 is 2.06 bits per heavy atom. The molecule has 166 valence electrons. The van der Waals surface area contributed by atoms with E-state index in [0.29, 0.717) is 6.54 Å². The number of aromatic amines is 2. The fraction of sp³-hybridized carbons (Fsp3) is 0.0769. The molecule has 0 aliphatic carbocycles. The fourth-order valence-corrected chi connectivity index (χ4v) is 3.67. The lowest BCUT2D eigenvalue weighted by molar-refractivity contribution is 0.0956. The van der Waals surface area contributed by atoms with E-state index in [1.54, 1.807) is 30.7 Å². The summed E-state index contributed by atoms with van der Waals surface area (Å²) in [4.78, 5) is 32.5. The molecule has 0 bridgehead atoms. The normalized spacial score (nSPS) is 10.6. The van der Waals surface area contributed by atoms with Crippen LogP contribution >= 0.6 is 0 Å². The van der Waals surface area contributed by atoms with Crippen LogP contribution in [0.3, 0.4) is 0 Å². The van der Waals surface area contributed by atoms with Gasteiger partial charge >= 0.3 is 0 Å². The molecule has 5 rings (SSSR count). The quantitative estimate of drug-likeness (QED) is 0.359. The first-order valence-electron chi connectivity index (χ1n) is 10.7. The van der Waals surface area contributed by atoms with Crippen molar-refractivity contribution in [1.29, 1.82) is 0 Å². The molecule has 1 amide bonds. The minimum Gasteiger partial charge on any atom is -0.360 e. The fourth-order valence-electron chi connectivity index (χ4n) is 3.67.